The van der Waals surface area contributed by atoms with Gasteiger partial charge in [0.05, 0.1) is 6.54 Å². The molecule has 0 spiro atoms. The molecule has 0 saturated heterocycles. The number of hydrogen-bond donors (Lipinski definition) is 1. The van der Waals surface area contributed by atoms with Crippen LogP contribution in [-0.2, 0) is 9.53 Å². The molecular weight excluding hydrogens is 208 g/mol. The van der Waals surface area contributed by atoms with Crippen LogP contribution in [0.25, 0.3) is 0 Å². The Labute approximate surface area is 93.8 Å². The Morgan fingerprint density at radius 1 is 1.50 bits per heavy atom. The maximum Gasteiger partial charge on any atom is 0.302 e. The van der Waals surface area contributed by atoms with Gasteiger partial charge in [0.25, 0.3) is 5.91 Å². The van der Waals surface area contributed by atoms with Crippen LogP contribution in [0, 0.1) is 6.92 Å². The van der Waals surface area contributed by atoms with Crippen LogP contribution in [0.2, 0.25) is 0 Å². The average Bonchev–Trinajstić information content (AvgIpc) is 2.24. The molecule has 0 atom stereocenters. The third-order valence-electron chi connectivity index (χ3n) is 1.92. The molecule has 5 heteroatoms. The third-order valence-corrected chi connectivity index (χ3v) is 1.92. The molecule has 0 aliphatic rings. The Kier molecular flexibility index (Phi) is 4.44. The number of carbonyl (C=O) groups excluding carboxylic acids is 2. The molecule has 1 N–H and O–H groups in total. The second-order valence-corrected chi connectivity index (χ2v) is 3.26. The summed E-state index contributed by atoms with van der Waals surface area (Å²) in [7, 11) is 0. The summed E-state index contributed by atoms with van der Waals surface area (Å²) >= 11 is 0. The van der Waals surface area contributed by atoms with Gasteiger partial charge < -0.3 is 10.1 Å². The van der Waals surface area contributed by atoms with E-state index >= 15 is 0 Å². The number of esters is 1. The number of aromatic nitrogens is 1. The zero-order chi connectivity index (χ0) is 12.0. The smallest absolute Gasteiger partial charge is 0.302 e. The minimum Gasteiger partial charge on any atom is -0.464 e. The summed E-state index contributed by atoms with van der Waals surface area (Å²) in [5.74, 6) is -0.617. The second kappa shape index (κ2) is 5.85. The standard InChI is InChI=1S/C11H14N2O3/c1-8-4-3-5-12-10(8)11(15)13-6-7-16-9(2)14/h3-5H,6-7H2,1-2H3,(H,13,15). The van der Waals surface area contributed by atoms with Crippen LogP contribution in [0.15, 0.2) is 18.3 Å². The quantitative estimate of drug-likeness (QED) is 0.601. The SMILES string of the molecule is CC(=O)OCCNC(=O)c1ncccc1C. The van der Waals surface area contributed by atoms with Gasteiger partial charge in [0.1, 0.15) is 12.3 Å². The lowest BCUT2D eigenvalue weighted by Crippen LogP contribution is -2.29. The highest BCUT2D eigenvalue weighted by molar-refractivity contribution is 5.93. The van der Waals surface area contributed by atoms with Crippen LogP contribution in [0.3, 0.4) is 0 Å². The van der Waals surface area contributed by atoms with Gasteiger partial charge in [0.2, 0.25) is 0 Å². The summed E-state index contributed by atoms with van der Waals surface area (Å²) < 4.78 is 4.68. The lowest BCUT2D eigenvalue weighted by Gasteiger charge is -2.06. The maximum absolute atomic E-state index is 11.6. The monoisotopic (exact) mass is 222 g/mol. The zero-order valence-electron chi connectivity index (χ0n) is 9.32. The summed E-state index contributed by atoms with van der Waals surface area (Å²) in [5, 5.41) is 2.62. The fourth-order valence-corrected chi connectivity index (χ4v) is 1.17. The fourth-order valence-electron chi connectivity index (χ4n) is 1.17. The summed E-state index contributed by atoms with van der Waals surface area (Å²) in [6, 6.07) is 3.58. The van der Waals surface area contributed by atoms with Gasteiger partial charge in [0.15, 0.2) is 0 Å². The van der Waals surface area contributed by atoms with Crippen LogP contribution < -0.4 is 5.32 Å². The molecule has 1 aromatic rings. The van der Waals surface area contributed by atoms with E-state index in [4.69, 9.17) is 0 Å². The van der Waals surface area contributed by atoms with E-state index in [2.05, 4.69) is 15.0 Å². The van der Waals surface area contributed by atoms with Gasteiger partial charge >= 0.3 is 5.97 Å². The van der Waals surface area contributed by atoms with Crippen molar-refractivity contribution in [2.45, 2.75) is 13.8 Å². The molecule has 1 heterocycles. The van der Waals surface area contributed by atoms with Crippen molar-refractivity contribution in [1.29, 1.82) is 0 Å². The number of hydrogen-bond acceptors (Lipinski definition) is 4. The molecule has 0 aliphatic carbocycles. The van der Waals surface area contributed by atoms with E-state index in [9.17, 15) is 9.59 Å². The minimum absolute atomic E-state index is 0.174. The molecule has 0 fully saturated rings. The van der Waals surface area contributed by atoms with Crippen LogP contribution in [0.5, 0.6) is 0 Å². The van der Waals surface area contributed by atoms with Crippen molar-refractivity contribution in [3.05, 3.63) is 29.6 Å². The molecule has 0 aliphatic heterocycles. The molecule has 0 radical (unpaired) electrons. The molecule has 1 aromatic heterocycles. The Hall–Kier alpha value is -1.91. The van der Waals surface area contributed by atoms with Gasteiger partial charge in [-0.2, -0.15) is 0 Å². The number of pyridine rings is 1. The Morgan fingerprint density at radius 2 is 2.25 bits per heavy atom. The molecule has 1 rings (SSSR count). The zero-order valence-corrected chi connectivity index (χ0v) is 9.32. The van der Waals surface area contributed by atoms with Crippen molar-refractivity contribution in [3.8, 4) is 0 Å². The molecule has 0 saturated carbocycles. The number of carbonyl (C=O) groups is 2. The number of rotatable bonds is 4. The topological polar surface area (TPSA) is 68.3 Å². The van der Waals surface area contributed by atoms with E-state index in [0.29, 0.717) is 5.69 Å². The van der Waals surface area contributed by atoms with E-state index in [1.54, 1.807) is 12.3 Å². The predicted molar refractivity (Wildman–Crippen MR) is 57.9 cm³/mol. The van der Waals surface area contributed by atoms with Crippen molar-refractivity contribution < 1.29 is 14.3 Å². The highest BCUT2D eigenvalue weighted by Crippen LogP contribution is 2.02. The van der Waals surface area contributed by atoms with Gasteiger partial charge in [-0.05, 0) is 18.6 Å². The van der Waals surface area contributed by atoms with Gasteiger partial charge in [-0.3, -0.25) is 14.6 Å². The third kappa shape index (κ3) is 3.68. The highest BCUT2D eigenvalue weighted by atomic mass is 16.5. The Balaban J connectivity index is 2.41. The number of nitrogens with zero attached hydrogens (tertiary/aromatic N) is 1. The van der Waals surface area contributed by atoms with E-state index in [1.807, 2.05) is 13.0 Å². The average molecular weight is 222 g/mol. The van der Waals surface area contributed by atoms with Gasteiger partial charge in [0, 0.05) is 13.1 Å². The van der Waals surface area contributed by atoms with Crippen molar-refractivity contribution in [3.63, 3.8) is 0 Å². The summed E-state index contributed by atoms with van der Waals surface area (Å²) in [5.41, 5.74) is 1.21. The molecule has 1 amide bonds. The second-order valence-electron chi connectivity index (χ2n) is 3.26. The summed E-state index contributed by atoms with van der Waals surface area (Å²) in [6.45, 7) is 3.60. The highest BCUT2D eigenvalue weighted by Gasteiger charge is 2.08. The number of ether oxygens (including phenoxy) is 1. The normalized spacial score (nSPS) is 9.62. The fraction of sp³-hybridized carbons (Fsp3) is 0.364. The van der Waals surface area contributed by atoms with Crippen molar-refractivity contribution >= 4 is 11.9 Å². The molecule has 16 heavy (non-hydrogen) atoms. The lowest BCUT2D eigenvalue weighted by molar-refractivity contribution is -0.140. The van der Waals surface area contributed by atoms with Crippen LogP contribution in [0.1, 0.15) is 23.0 Å². The largest absolute Gasteiger partial charge is 0.464 e. The molecule has 5 nitrogen and oxygen atoms in total. The first-order valence-corrected chi connectivity index (χ1v) is 4.94. The van der Waals surface area contributed by atoms with Crippen LogP contribution >= 0.6 is 0 Å². The van der Waals surface area contributed by atoms with E-state index < -0.39 is 0 Å². The molecule has 0 bridgehead atoms. The number of amides is 1. The first kappa shape index (κ1) is 12.2. The molecular formula is C11H14N2O3. The van der Waals surface area contributed by atoms with Crippen LogP contribution in [-0.4, -0.2) is 30.0 Å². The summed E-state index contributed by atoms with van der Waals surface area (Å²) in [4.78, 5) is 26.0. The predicted octanol–water partition coefficient (Wildman–Crippen LogP) is 0.683. The summed E-state index contributed by atoms with van der Waals surface area (Å²) in [6.07, 6.45) is 1.56. The molecule has 0 unspecified atom stereocenters. The number of nitrogens with one attached hydrogen (secondary N) is 1. The Morgan fingerprint density at radius 3 is 2.88 bits per heavy atom. The van der Waals surface area contributed by atoms with E-state index in [-0.39, 0.29) is 25.0 Å². The minimum atomic E-state index is -0.358. The van der Waals surface area contributed by atoms with E-state index in [1.165, 1.54) is 6.92 Å². The van der Waals surface area contributed by atoms with Gasteiger partial charge in [-0.15, -0.1) is 0 Å². The Bertz CT molecular complexity index is 391. The van der Waals surface area contributed by atoms with Crippen molar-refractivity contribution in [1.82, 2.24) is 10.3 Å². The van der Waals surface area contributed by atoms with Crippen molar-refractivity contribution in [2.75, 3.05) is 13.2 Å². The molecule has 86 valence electrons. The number of aryl methyl sites for hydroxylation is 1. The first-order chi connectivity index (χ1) is 7.61. The molecule has 0 aromatic carbocycles. The van der Waals surface area contributed by atoms with Crippen molar-refractivity contribution in [2.24, 2.45) is 0 Å². The van der Waals surface area contributed by atoms with Gasteiger partial charge in [-0.25, -0.2) is 0 Å². The first-order valence-electron chi connectivity index (χ1n) is 4.94. The maximum atomic E-state index is 11.6. The lowest BCUT2D eigenvalue weighted by atomic mass is 10.2. The van der Waals surface area contributed by atoms with Gasteiger partial charge in [-0.1, -0.05) is 6.07 Å². The van der Waals surface area contributed by atoms with Crippen LogP contribution in [0.4, 0.5) is 0 Å². The van der Waals surface area contributed by atoms with E-state index in [0.717, 1.165) is 5.56 Å².